The Kier molecular flexibility index (Phi) is 4.72. The highest BCUT2D eigenvalue weighted by Crippen LogP contribution is 2.34. The predicted molar refractivity (Wildman–Crippen MR) is 82.3 cm³/mol. The van der Waals surface area contributed by atoms with E-state index in [1.165, 1.54) is 5.57 Å². The summed E-state index contributed by atoms with van der Waals surface area (Å²) >= 11 is 0. The molecular formula is C17H22N2O. The SMILES string of the molecule is CC/C=C(\CC)C1=C(Nc2ccccn2)C(=O)C(C)C1. The van der Waals surface area contributed by atoms with Crippen LogP contribution in [0.5, 0.6) is 0 Å². The summed E-state index contributed by atoms with van der Waals surface area (Å²) in [5, 5.41) is 3.22. The molecule has 2 rings (SSSR count). The third-order valence-electron chi connectivity index (χ3n) is 3.64. The summed E-state index contributed by atoms with van der Waals surface area (Å²) in [6.45, 7) is 6.26. The number of aromatic nitrogens is 1. The highest BCUT2D eigenvalue weighted by Gasteiger charge is 2.31. The van der Waals surface area contributed by atoms with E-state index in [1.807, 2.05) is 25.1 Å². The number of hydrogen-bond acceptors (Lipinski definition) is 3. The van der Waals surface area contributed by atoms with E-state index in [9.17, 15) is 4.79 Å². The van der Waals surface area contributed by atoms with Gasteiger partial charge in [0.1, 0.15) is 5.82 Å². The van der Waals surface area contributed by atoms with E-state index in [2.05, 4.69) is 30.2 Å². The van der Waals surface area contributed by atoms with Crippen LogP contribution in [-0.4, -0.2) is 10.8 Å². The summed E-state index contributed by atoms with van der Waals surface area (Å²) in [5.74, 6) is 0.985. The third kappa shape index (κ3) is 2.98. The van der Waals surface area contributed by atoms with Crippen molar-refractivity contribution in [3.05, 3.63) is 47.3 Å². The lowest BCUT2D eigenvalue weighted by molar-refractivity contribution is -0.117. The molecule has 1 aliphatic rings. The summed E-state index contributed by atoms with van der Waals surface area (Å²) < 4.78 is 0. The maximum absolute atomic E-state index is 12.4. The molecule has 20 heavy (non-hydrogen) atoms. The molecule has 0 aliphatic heterocycles. The van der Waals surface area contributed by atoms with Gasteiger partial charge in [0.25, 0.3) is 0 Å². The van der Waals surface area contributed by atoms with Gasteiger partial charge in [-0.15, -0.1) is 0 Å². The zero-order valence-corrected chi connectivity index (χ0v) is 12.4. The summed E-state index contributed by atoms with van der Waals surface area (Å²) in [4.78, 5) is 16.6. The van der Waals surface area contributed by atoms with Gasteiger partial charge in [0.2, 0.25) is 0 Å². The van der Waals surface area contributed by atoms with Crippen molar-refractivity contribution in [3.63, 3.8) is 0 Å². The number of ketones is 1. The first-order valence-corrected chi connectivity index (χ1v) is 7.32. The molecule has 1 heterocycles. The summed E-state index contributed by atoms with van der Waals surface area (Å²) in [6, 6.07) is 5.67. The Bertz CT molecular complexity index is 543. The average Bonchev–Trinajstić information content (AvgIpc) is 2.74. The van der Waals surface area contributed by atoms with Gasteiger partial charge in [0, 0.05) is 12.1 Å². The lowest BCUT2D eigenvalue weighted by atomic mass is 9.99. The first-order chi connectivity index (χ1) is 9.67. The molecule has 1 atom stereocenters. The molecule has 0 saturated carbocycles. The van der Waals surface area contributed by atoms with Gasteiger partial charge in [-0.25, -0.2) is 4.98 Å². The van der Waals surface area contributed by atoms with E-state index in [-0.39, 0.29) is 11.7 Å². The van der Waals surface area contributed by atoms with Crippen molar-refractivity contribution in [3.8, 4) is 0 Å². The number of carbonyl (C=O) groups is 1. The van der Waals surface area contributed by atoms with Crippen molar-refractivity contribution in [2.45, 2.75) is 40.0 Å². The molecular weight excluding hydrogens is 248 g/mol. The Morgan fingerprint density at radius 1 is 1.45 bits per heavy atom. The van der Waals surface area contributed by atoms with Crippen LogP contribution in [0.2, 0.25) is 0 Å². The summed E-state index contributed by atoms with van der Waals surface area (Å²) in [6.07, 6.45) is 6.73. The smallest absolute Gasteiger partial charge is 0.182 e. The van der Waals surface area contributed by atoms with E-state index < -0.39 is 0 Å². The van der Waals surface area contributed by atoms with Gasteiger partial charge < -0.3 is 5.32 Å². The minimum absolute atomic E-state index is 0.0584. The Morgan fingerprint density at radius 3 is 2.85 bits per heavy atom. The molecule has 1 N–H and O–H groups in total. The molecule has 0 saturated heterocycles. The highest BCUT2D eigenvalue weighted by atomic mass is 16.1. The molecule has 0 radical (unpaired) electrons. The van der Waals surface area contributed by atoms with E-state index in [4.69, 9.17) is 0 Å². The molecule has 0 fully saturated rings. The molecule has 0 aromatic carbocycles. The van der Waals surface area contributed by atoms with E-state index in [0.717, 1.165) is 36.4 Å². The van der Waals surface area contributed by atoms with Crippen LogP contribution in [0.25, 0.3) is 0 Å². The second-order valence-corrected chi connectivity index (χ2v) is 5.15. The van der Waals surface area contributed by atoms with E-state index in [1.54, 1.807) is 6.20 Å². The van der Waals surface area contributed by atoms with E-state index in [0.29, 0.717) is 0 Å². The number of pyridine rings is 1. The summed E-state index contributed by atoms with van der Waals surface area (Å²) in [5.41, 5.74) is 3.18. The Morgan fingerprint density at radius 2 is 2.25 bits per heavy atom. The van der Waals surface area contributed by atoms with Gasteiger partial charge in [0.15, 0.2) is 5.78 Å². The number of rotatable bonds is 5. The number of nitrogens with one attached hydrogen (secondary N) is 1. The van der Waals surface area contributed by atoms with Gasteiger partial charge in [-0.3, -0.25) is 4.79 Å². The van der Waals surface area contributed by atoms with Gasteiger partial charge in [-0.1, -0.05) is 32.9 Å². The van der Waals surface area contributed by atoms with Crippen molar-refractivity contribution < 1.29 is 4.79 Å². The number of nitrogens with zero attached hydrogens (tertiary/aromatic N) is 1. The zero-order valence-electron chi connectivity index (χ0n) is 12.4. The number of allylic oxidation sites excluding steroid dienone is 4. The van der Waals surface area contributed by atoms with Gasteiger partial charge in [-0.05, 0) is 42.5 Å². The van der Waals surface area contributed by atoms with Gasteiger partial charge >= 0.3 is 0 Å². The first-order valence-electron chi connectivity index (χ1n) is 7.32. The molecule has 1 aromatic heterocycles. The molecule has 1 aromatic rings. The fourth-order valence-electron chi connectivity index (χ4n) is 2.62. The van der Waals surface area contributed by atoms with E-state index >= 15 is 0 Å². The Balaban J connectivity index is 2.37. The number of hydrogen-bond donors (Lipinski definition) is 1. The normalized spacial score (nSPS) is 19.6. The molecule has 0 bridgehead atoms. The van der Waals surface area contributed by atoms with Crippen molar-refractivity contribution >= 4 is 11.6 Å². The first kappa shape index (κ1) is 14.5. The molecule has 1 unspecified atom stereocenters. The van der Waals surface area contributed by atoms with Gasteiger partial charge in [-0.2, -0.15) is 0 Å². The maximum Gasteiger partial charge on any atom is 0.182 e. The monoisotopic (exact) mass is 270 g/mol. The fourth-order valence-corrected chi connectivity index (χ4v) is 2.62. The third-order valence-corrected chi connectivity index (χ3v) is 3.64. The quantitative estimate of drug-likeness (QED) is 0.875. The van der Waals surface area contributed by atoms with Crippen LogP contribution in [0, 0.1) is 5.92 Å². The van der Waals surface area contributed by atoms with Crippen molar-refractivity contribution in [2.24, 2.45) is 5.92 Å². The van der Waals surface area contributed by atoms with Crippen LogP contribution in [-0.2, 0) is 4.79 Å². The topological polar surface area (TPSA) is 42.0 Å². The number of anilines is 1. The van der Waals surface area contributed by atoms with Crippen LogP contribution < -0.4 is 5.32 Å². The van der Waals surface area contributed by atoms with Crippen LogP contribution in [0.15, 0.2) is 47.3 Å². The molecule has 1 aliphatic carbocycles. The average molecular weight is 270 g/mol. The number of Topliss-reactive ketones (excluding diaryl/α,β-unsaturated/α-hetero) is 1. The summed E-state index contributed by atoms with van der Waals surface area (Å²) in [7, 11) is 0. The van der Waals surface area contributed by atoms with Crippen LogP contribution in [0.1, 0.15) is 40.0 Å². The second kappa shape index (κ2) is 6.51. The molecule has 3 nitrogen and oxygen atoms in total. The molecule has 3 heteroatoms. The van der Waals surface area contributed by atoms with Crippen molar-refractivity contribution in [1.29, 1.82) is 0 Å². The number of carbonyl (C=O) groups excluding carboxylic acids is 1. The Labute approximate surface area is 120 Å². The highest BCUT2D eigenvalue weighted by molar-refractivity contribution is 6.03. The molecule has 0 amide bonds. The lowest BCUT2D eigenvalue weighted by Gasteiger charge is -2.11. The van der Waals surface area contributed by atoms with Crippen LogP contribution >= 0.6 is 0 Å². The zero-order chi connectivity index (χ0) is 14.5. The van der Waals surface area contributed by atoms with Crippen molar-refractivity contribution in [1.82, 2.24) is 4.98 Å². The van der Waals surface area contributed by atoms with Crippen molar-refractivity contribution in [2.75, 3.05) is 5.32 Å². The maximum atomic E-state index is 12.4. The van der Waals surface area contributed by atoms with Gasteiger partial charge in [0.05, 0.1) is 5.70 Å². The molecule has 0 spiro atoms. The standard InChI is InChI=1S/C17H22N2O/c1-4-8-13(5-2)14-11-12(3)17(20)16(14)19-15-9-6-7-10-18-15/h6-10,12H,4-5,11H2,1-3H3,(H,18,19)/b13-8+. The predicted octanol–water partition coefficient (Wildman–Crippen LogP) is 4.10. The fraction of sp³-hybridized carbons (Fsp3) is 0.412. The minimum Gasteiger partial charge on any atom is -0.337 e. The largest absolute Gasteiger partial charge is 0.337 e. The lowest BCUT2D eigenvalue weighted by Crippen LogP contribution is -2.13. The van der Waals surface area contributed by atoms with Crippen LogP contribution in [0.4, 0.5) is 5.82 Å². The minimum atomic E-state index is 0.0584. The Hall–Kier alpha value is -1.90. The second-order valence-electron chi connectivity index (χ2n) is 5.15. The molecule has 106 valence electrons. The van der Waals surface area contributed by atoms with Crippen LogP contribution in [0.3, 0.4) is 0 Å².